The first-order valence-electron chi connectivity index (χ1n) is 8.95. The van der Waals surface area contributed by atoms with Gasteiger partial charge >= 0.3 is 66.4 Å². The second-order valence-corrected chi connectivity index (χ2v) is 24.8. The van der Waals surface area contributed by atoms with Gasteiger partial charge in [-0.25, -0.2) is 0 Å². The van der Waals surface area contributed by atoms with E-state index in [4.69, 9.17) is 67.5 Å². The van der Waals surface area contributed by atoms with Gasteiger partial charge in [-0.2, -0.15) is 0 Å². The van der Waals surface area contributed by atoms with Gasteiger partial charge in [-0.15, -0.1) is 0 Å². The van der Waals surface area contributed by atoms with Crippen LogP contribution in [0.1, 0.15) is 1.43 Å². The van der Waals surface area contributed by atoms with E-state index in [0.717, 1.165) is 7.11 Å². The minimum atomic E-state index is -2.88. The number of aliphatic hydroxyl groups excluding tert-OH is 1. The zero-order chi connectivity index (χ0) is 28.4. The van der Waals surface area contributed by atoms with Gasteiger partial charge in [0.2, 0.25) is 0 Å². The van der Waals surface area contributed by atoms with Crippen molar-refractivity contribution in [3.8, 4) is 0 Å². The van der Waals surface area contributed by atoms with Gasteiger partial charge in [-0.1, -0.05) is 19.6 Å². The van der Waals surface area contributed by atoms with Crippen molar-refractivity contribution in [3.63, 3.8) is 0 Å². The van der Waals surface area contributed by atoms with Gasteiger partial charge in [0, 0.05) is 181 Å². The molecule has 2 saturated heterocycles. The van der Waals surface area contributed by atoms with E-state index in [1.54, 1.807) is 0 Å². The Balaban J connectivity index is -0.0000000229. The minimum Gasteiger partial charge on any atom is -0.428 e. The van der Waals surface area contributed by atoms with Crippen molar-refractivity contribution >= 4 is 116 Å². The van der Waals surface area contributed by atoms with Crippen LogP contribution in [0.4, 0.5) is 0 Å². The second-order valence-electron chi connectivity index (χ2n) is 5.42. The standard InChI is InChI=1S/C3H9Si.CH5O2Si.CH4O.H8O8Si6.H8O4Si3.H3O3Si.4H2O.5Y.H2/c2*1-4(2)3;1-2;1-11-3-10-4-13-6-12(2-9)7-14(5-11)8-13;1-6-4-7(2)3-5;1-4(2)3;;;;;;;;;;/h1-3H3;2-3H,1H3;2H,1H3;1,12-13H,10H2,9H3;1-2,7H,6H2,5H3;1-3H;4*1H2;;;;;;1H. The summed E-state index contributed by atoms with van der Waals surface area (Å²) in [6.07, 6.45) is 0. The van der Waals surface area contributed by atoms with E-state index in [1.165, 1.54) is 6.55 Å². The van der Waals surface area contributed by atoms with Crippen molar-refractivity contribution in [2.24, 2.45) is 0 Å². The third-order valence-electron chi connectivity index (χ3n) is 1.78. The molecule has 0 aromatic carbocycles. The smallest absolute Gasteiger partial charge is 0.428 e. The Bertz CT molecular complexity index is 409. The first-order valence-corrected chi connectivity index (χ1v) is 26.0. The zero-order valence-corrected chi connectivity index (χ0v) is 54.7. The van der Waals surface area contributed by atoms with E-state index in [-0.39, 0.29) is 196 Å². The fourth-order valence-corrected chi connectivity index (χ4v) is 16.3. The Hall–Kier alpha value is 7.24. The molecule has 17 N–H and O–H groups in total. The van der Waals surface area contributed by atoms with Crippen LogP contribution in [-0.4, -0.2) is 189 Å². The van der Waals surface area contributed by atoms with Crippen molar-refractivity contribution in [2.75, 3.05) is 7.11 Å². The molecular weight excluding hydrogens is 1190 g/mol. The van der Waals surface area contributed by atoms with Crippen LogP contribution in [-0.2, 0) is 201 Å². The molecule has 0 spiro atoms. The largest absolute Gasteiger partial charge is 0.569 e. The van der Waals surface area contributed by atoms with Crippen LogP contribution in [0.2, 0.25) is 26.2 Å². The summed E-state index contributed by atoms with van der Waals surface area (Å²) in [6.45, 7) is 8.19. The van der Waals surface area contributed by atoms with Gasteiger partial charge in [0.15, 0.2) is 0 Å². The maximum Gasteiger partial charge on any atom is 0.569 e. The second kappa shape index (κ2) is 68.3. The molecule has 0 aromatic heterocycles. The van der Waals surface area contributed by atoms with Crippen LogP contribution in [0.25, 0.3) is 0 Å². The molecular formula is C5H47O22Si12Y5. The van der Waals surface area contributed by atoms with Gasteiger partial charge < -0.3 is 102 Å². The van der Waals surface area contributed by atoms with Crippen LogP contribution < -0.4 is 0 Å². The molecule has 2 aliphatic rings. The van der Waals surface area contributed by atoms with E-state index in [0.29, 0.717) is 21.0 Å². The maximum absolute atomic E-state index is 9.22. The average molecular weight is 1240 g/mol. The van der Waals surface area contributed by atoms with Gasteiger partial charge in [0.25, 0.3) is 20.0 Å². The molecule has 2 heterocycles. The first kappa shape index (κ1) is 88.4. The van der Waals surface area contributed by atoms with Crippen molar-refractivity contribution in [3.05, 3.63) is 0 Å². The van der Waals surface area contributed by atoms with Crippen molar-refractivity contribution in [1.82, 2.24) is 0 Å². The van der Waals surface area contributed by atoms with Gasteiger partial charge in [0.05, 0.1) is 0 Å². The van der Waals surface area contributed by atoms with Crippen LogP contribution in [0.5, 0.6) is 0 Å². The van der Waals surface area contributed by atoms with E-state index in [9.17, 15) is 4.80 Å². The van der Waals surface area contributed by atoms with E-state index < -0.39 is 86.5 Å². The number of aliphatic hydroxyl groups is 1. The summed E-state index contributed by atoms with van der Waals surface area (Å²) >= 11 is 0. The molecule has 0 aliphatic carbocycles. The van der Waals surface area contributed by atoms with Crippen molar-refractivity contribution in [2.45, 2.75) is 26.2 Å². The summed E-state index contributed by atoms with van der Waals surface area (Å²) in [5, 5.41) is 7.00. The third kappa shape index (κ3) is 87.2. The molecule has 0 saturated carbocycles. The monoisotopic (exact) mass is 1240 g/mol. The van der Waals surface area contributed by atoms with Crippen LogP contribution in [0.15, 0.2) is 0 Å². The Labute approximate surface area is 409 Å². The van der Waals surface area contributed by atoms with E-state index in [1.807, 2.05) is 0 Å². The molecule has 262 valence electrons. The fraction of sp³-hybridized carbons (Fsp3) is 1.00. The van der Waals surface area contributed by atoms with E-state index in [2.05, 4.69) is 27.9 Å². The molecule has 2 rings (SSSR count). The normalized spacial score (nSPS) is 17.4. The molecule has 10 radical (unpaired) electrons. The SMILES string of the molecule is CO.C[Si](C)C.C[Si](O)O.O.O.O.O.O[SiH2]O[SiH](O)O[SiH3].O[Si](O)O.O[Si]1O[SiH2]O[SiH]2O[Si](O1)O[SiH](O[SiH3])O2.[HH].[Y].[Y].[Y].[Y].[Y]. The molecule has 44 heavy (non-hydrogen) atoms. The van der Waals surface area contributed by atoms with Crippen LogP contribution in [0, 0.1) is 0 Å². The van der Waals surface area contributed by atoms with Gasteiger partial charge in [-0.05, 0) is 6.55 Å². The van der Waals surface area contributed by atoms with Gasteiger partial charge in [-0.3, -0.25) is 0 Å². The summed E-state index contributed by atoms with van der Waals surface area (Å²) in [7, 11) is -16.1. The number of fused-ring (bicyclic) bond motifs is 2. The van der Waals surface area contributed by atoms with Gasteiger partial charge in [0.1, 0.15) is 21.0 Å². The minimum absolute atomic E-state index is 0. The van der Waals surface area contributed by atoms with Crippen molar-refractivity contribution < 1.29 is 267 Å². The quantitative estimate of drug-likeness (QED) is 0.118. The van der Waals surface area contributed by atoms with Crippen molar-refractivity contribution in [1.29, 1.82) is 0 Å². The summed E-state index contributed by atoms with van der Waals surface area (Å²) in [5.41, 5.74) is 0. The Morgan fingerprint density at radius 1 is 0.886 bits per heavy atom. The molecule has 0 aromatic rings. The molecule has 39 heteroatoms. The predicted molar refractivity (Wildman–Crippen MR) is 163 cm³/mol. The molecule has 0 amide bonds. The summed E-state index contributed by atoms with van der Waals surface area (Å²) in [6, 6.07) is 0. The molecule has 2 fully saturated rings. The van der Waals surface area contributed by atoms with E-state index >= 15 is 0 Å². The first-order chi connectivity index (χ1) is 16.3. The third-order valence-corrected chi connectivity index (χ3v) is 16.0. The summed E-state index contributed by atoms with van der Waals surface area (Å²) in [5.74, 6) is 0. The number of hydrogen-bond donors (Lipinski definition) is 9. The summed E-state index contributed by atoms with van der Waals surface area (Å²) < 4.78 is 45.1. The number of hydrogen-bond acceptors (Lipinski definition) is 18. The Kier molecular flexibility index (Phi) is 137. The zero-order valence-electron chi connectivity index (χ0n) is 25.2. The molecule has 3 atom stereocenters. The van der Waals surface area contributed by atoms with Crippen LogP contribution >= 0.6 is 0 Å². The number of rotatable bonds is 4. The van der Waals surface area contributed by atoms with Crippen LogP contribution in [0.3, 0.4) is 0 Å². The molecule has 2 bridgehead atoms. The topological polar surface area (TPSA) is 391 Å². The molecule has 22 nitrogen and oxygen atoms in total. The molecule has 3 unspecified atom stereocenters. The molecule has 2 aliphatic heterocycles. The fourth-order valence-electron chi connectivity index (χ4n) is 0.929. The Morgan fingerprint density at radius 2 is 1.25 bits per heavy atom. The predicted octanol–water partition coefficient (Wildman–Crippen LogP) is -14.2. The maximum atomic E-state index is 9.22. The Morgan fingerprint density at radius 3 is 1.52 bits per heavy atom. The average Bonchev–Trinajstić information content (AvgIpc) is 2.73. The summed E-state index contributed by atoms with van der Waals surface area (Å²) in [4.78, 5) is 63.0.